The van der Waals surface area contributed by atoms with Crippen LogP contribution < -0.4 is 0 Å². The van der Waals surface area contributed by atoms with Gasteiger partial charge in [0.25, 0.3) is 5.91 Å². The fourth-order valence-corrected chi connectivity index (χ4v) is 4.54. The lowest BCUT2D eigenvalue weighted by Crippen LogP contribution is -2.28. The van der Waals surface area contributed by atoms with E-state index in [9.17, 15) is 48.7 Å². The lowest BCUT2D eigenvalue weighted by molar-refractivity contribution is -0.182. The first kappa shape index (κ1) is 36.9. The minimum absolute atomic E-state index is 0.0285. The van der Waals surface area contributed by atoms with E-state index in [1.165, 1.54) is 24.3 Å². The first-order valence-electron chi connectivity index (χ1n) is 12.7. The van der Waals surface area contributed by atoms with Crippen molar-refractivity contribution in [1.29, 1.82) is 0 Å². The average Bonchev–Trinajstić information content (AvgIpc) is 2.99. The van der Waals surface area contributed by atoms with Gasteiger partial charge in [0.2, 0.25) is 15.0 Å². The molecule has 0 radical (unpaired) electrons. The lowest BCUT2D eigenvalue weighted by atomic mass is 10.0. The lowest BCUT2D eigenvalue weighted by Gasteiger charge is -2.21. The molecule has 1 heterocycles. The Morgan fingerprint density at radius 3 is 2.00 bits per heavy atom. The molecule has 4 aromatic rings. The molecule has 0 unspecified atom stereocenters. The maximum absolute atomic E-state index is 13.3. The maximum atomic E-state index is 13.3. The third kappa shape index (κ3) is 9.94. The van der Waals surface area contributed by atoms with Gasteiger partial charge in [-0.25, -0.2) is 27.6 Å². The number of halogens is 8. The number of sulfone groups is 1. The zero-order chi connectivity index (χ0) is 35.3. The Hall–Kier alpha value is -4.61. The van der Waals surface area contributed by atoms with Crippen LogP contribution in [0.4, 0.5) is 30.7 Å². The molecule has 18 heteroatoms. The van der Waals surface area contributed by atoms with Crippen molar-refractivity contribution in [2.45, 2.75) is 24.1 Å². The molecule has 1 amide bonds. The van der Waals surface area contributed by atoms with Gasteiger partial charge in [0.15, 0.2) is 0 Å². The van der Waals surface area contributed by atoms with Crippen LogP contribution in [0.2, 0.25) is 5.02 Å². The minimum atomic E-state index is -5.08. The van der Waals surface area contributed by atoms with Crippen molar-refractivity contribution in [3.05, 3.63) is 112 Å². The second-order valence-corrected chi connectivity index (χ2v) is 12.0. The Morgan fingerprint density at radius 1 is 0.936 bits per heavy atom. The Kier molecular flexibility index (Phi) is 11.3. The van der Waals surface area contributed by atoms with Crippen LogP contribution in [0.5, 0.6) is 0 Å². The summed E-state index contributed by atoms with van der Waals surface area (Å²) in [6, 6.07) is 11.6. The molecule has 4 rings (SSSR count). The van der Waals surface area contributed by atoms with E-state index in [4.69, 9.17) is 16.9 Å². The first-order valence-corrected chi connectivity index (χ1v) is 15.0. The van der Waals surface area contributed by atoms with Crippen molar-refractivity contribution in [3.8, 4) is 11.1 Å². The third-order valence-electron chi connectivity index (χ3n) is 6.01. The molecule has 1 N–H and O–H groups in total. The number of rotatable bonds is 6. The number of alkyl halides is 6. The number of hydrogen-bond donors (Lipinski definition) is 1. The largest absolute Gasteiger partial charge is 0.416 e. The predicted octanol–water partition coefficient (Wildman–Crippen LogP) is 6.97. The SMILES string of the molecule is CN(Cc1cc(C(F)(F)F)cc(C(F)(F)F)c1)C(=O)c1nc(S(C)(=O)=O)ncc1-c1ccc(F)cc1.O=C(OO)c1cccc(Cl)c1. The molecule has 3 aromatic carbocycles. The van der Waals surface area contributed by atoms with Gasteiger partial charge in [-0.2, -0.15) is 31.6 Å². The predicted molar refractivity (Wildman–Crippen MR) is 152 cm³/mol. The summed E-state index contributed by atoms with van der Waals surface area (Å²) < 4.78 is 116. The molecule has 0 saturated heterocycles. The van der Waals surface area contributed by atoms with Gasteiger partial charge in [0, 0.05) is 36.6 Å². The average molecular weight is 708 g/mol. The zero-order valence-corrected chi connectivity index (χ0v) is 25.5. The topological polar surface area (TPSA) is 127 Å². The van der Waals surface area contributed by atoms with Gasteiger partial charge in [-0.05, 0) is 59.7 Å². The van der Waals surface area contributed by atoms with Crippen molar-refractivity contribution in [3.63, 3.8) is 0 Å². The second kappa shape index (κ2) is 14.4. The van der Waals surface area contributed by atoms with E-state index in [1.807, 2.05) is 0 Å². The number of nitrogens with zero attached hydrogens (tertiary/aromatic N) is 3. The van der Waals surface area contributed by atoms with Crippen molar-refractivity contribution >= 4 is 33.3 Å². The van der Waals surface area contributed by atoms with Crippen LogP contribution in [-0.4, -0.2) is 53.7 Å². The monoisotopic (exact) mass is 707 g/mol. The number of hydrogen-bond acceptors (Lipinski definition) is 8. The van der Waals surface area contributed by atoms with Crippen LogP contribution in [-0.2, 0) is 33.6 Å². The summed E-state index contributed by atoms with van der Waals surface area (Å²) in [5.74, 6) is -2.44. The third-order valence-corrected chi connectivity index (χ3v) is 7.11. The molecule has 0 aliphatic rings. The number of carbonyl (C=O) groups is 2. The summed E-state index contributed by atoms with van der Waals surface area (Å²) >= 11 is 5.56. The molecule has 0 saturated carbocycles. The van der Waals surface area contributed by atoms with E-state index in [-0.39, 0.29) is 22.8 Å². The van der Waals surface area contributed by atoms with E-state index in [0.717, 1.165) is 36.5 Å². The van der Waals surface area contributed by atoms with Crippen LogP contribution >= 0.6 is 11.6 Å². The van der Waals surface area contributed by atoms with E-state index in [2.05, 4.69) is 14.9 Å². The minimum Gasteiger partial charge on any atom is -0.336 e. The number of benzene rings is 3. The molecule has 0 atom stereocenters. The highest BCUT2D eigenvalue weighted by molar-refractivity contribution is 7.90. The molecular formula is C29H21ClF7N3O6S. The van der Waals surface area contributed by atoms with E-state index >= 15 is 0 Å². The summed E-state index contributed by atoms with van der Waals surface area (Å²) in [4.78, 5) is 35.6. The van der Waals surface area contributed by atoms with Crippen LogP contribution in [0.1, 0.15) is 37.5 Å². The standard InChI is InChI=1S/C22H16F7N3O3S.C7H5ClO3/c1-32(11-12-7-14(21(24,25)26)9-15(8-12)22(27,28)29)19(33)18-17(13-3-5-16(23)6-4-13)10-30-20(31-18)36(2,34)35;8-6-3-1-2-5(4-6)7(9)11-10/h3-10H,11H2,1-2H3;1-4,10H. The Labute approximate surface area is 267 Å². The molecule has 0 aliphatic carbocycles. The van der Waals surface area contributed by atoms with Crippen molar-refractivity contribution < 1.29 is 58.9 Å². The molecule has 0 aliphatic heterocycles. The van der Waals surface area contributed by atoms with Gasteiger partial charge < -0.3 is 4.90 Å². The molecule has 1 aromatic heterocycles. The summed E-state index contributed by atoms with van der Waals surface area (Å²) in [6.07, 6.45) is -8.38. The molecule has 47 heavy (non-hydrogen) atoms. The highest BCUT2D eigenvalue weighted by Gasteiger charge is 2.37. The summed E-state index contributed by atoms with van der Waals surface area (Å²) in [7, 11) is -2.91. The molecule has 9 nitrogen and oxygen atoms in total. The highest BCUT2D eigenvalue weighted by atomic mass is 35.5. The summed E-state index contributed by atoms with van der Waals surface area (Å²) in [5.41, 5.74) is -3.68. The van der Waals surface area contributed by atoms with E-state index in [1.54, 1.807) is 12.1 Å². The zero-order valence-electron chi connectivity index (χ0n) is 23.9. The van der Waals surface area contributed by atoms with E-state index in [0.29, 0.717) is 17.2 Å². The van der Waals surface area contributed by atoms with Gasteiger partial charge in [-0.15, -0.1) is 0 Å². The van der Waals surface area contributed by atoms with Crippen LogP contribution in [0.15, 0.2) is 78.1 Å². The fraction of sp³-hybridized carbons (Fsp3) is 0.172. The first-order chi connectivity index (χ1) is 21.7. The number of aromatic nitrogens is 2. The maximum Gasteiger partial charge on any atom is 0.416 e. The van der Waals surface area contributed by atoms with E-state index < -0.39 is 74.0 Å². The van der Waals surface area contributed by atoms with Crippen molar-refractivity contribution in [1.82, 2.24) is 14.9 Å². The molecule has 0 fully saturated rings. The van der Waals surface area contributed by atoms with Crippen LogP contribution in [0.3, 0.4) is 0 Å². The fourth-order valence-electron chi connectivity index (χ4n) is 3.85. The second-order valence-electron chi connectivity index (χ2n) is 9.66. The van der Waals surface area contributed by atoms with Gasteiger partial charge >= 0.3 is 18.3 Å². The smallest absolute Gasteiger partial charge is 0.336 e. The normalized spacial score (nSPS) is 11.7. The van der Waals surface area contributed by atoms with Crippen molar-refractivity contribution in [2.75, 3.05) is 13.3 Å². The van der Waals surface area contributed by atoms with Gasteiger partial charge in [0.05, 0.1) is 16.7 Å². The summed E-state index contributed by atoms with van der Waals surface area (Å²) in [6.45, 7) is -0.701. The molecular weight excluding hydrogens is 687 g/mol. The number of amides is 1. The molecule has 0 bridgehead atoms. The van der Waals surface area contributed by atoms with Gasteiger partial charge in [-0.1, -0.05) is 29.8 Å². The van der Waals surface area contributed by atoms with Gasteiger partial charge in [0.1, 0.15) is 11.5 Å². The Balaban J connectivity index is 0.000000461. The van der Waals surface area contributed by atoms with Crippen LogP contribution in [0.25, 0.3) is 11.1 Å². The van der Waals surface area contributed by atoms with Crippen molar-refractivity contribution in [2.24, 2.45) is 0 Å². The van der Waals surface area contributed by atoms with Crippen LogP contribution in [0, 0.1) is 5.82 Å². The Bertz CT molecular complexity index is 1850. The molecule has 250 valence electrons. The highest BCUT2D eigenvalue weighted by Crippen LogP contribution is 2.36. The quantitative estimate of drug-likeness (QED) is 0.0986. The molecule has 0 spiro atoms. The Morgan fingerprint density at radius 2 is 1.51 bits per heavy atom. The van der Waals surface area contributed by atoms with Gasteiger partial charge in [-0.3, -0.25) is 9.68 Å². The number of carbonyl (C=O) groups excluding carboxylic acids is 2. The summed E-state index contributed by atoms with van der Waals surface area (Å²) in [5, 5.41) is 7.68.